The van der Waals surface area contributed by atoms with E-state index in [1.807, 2.05) is 36.4 Å². The van der Waals surface area contributed by atoms with Gasteiger partial charge in [0.2, 0.25) is 0 Å². The van der Waals surface area contributed by atoms with Crippen molar-refractivity contribution >= 4 is 12.1 Å². The number of carbonyl (C=O) groups excluding carboxylic acids is 1. The van der Waals surface area contributed by atoms with Gasteiger partial charge in [0.25, 0.3) is 0 Å². The van der Waals surface area contributed by atoms with Crippen LogP contribution in [0.5, 0.6) is 0 Å². The summed E-state index contributed by atoms with van der Waals surface area (Å²) in [4.78, 5) is 25.0. The van der Waals surface area contributed by atoms with Crippen LogP contribution in [0.25, 0.3) is 0 Å². The molecule has 3 N–H and O–H groups in total. The Morgan fingerprint density at radius 3 is 2.68 bits per heavy atom. The molecular weight excluding hydrogens is 284 g/mol. The van der Waals surface area contributed by atoms with Crippen LogP contribution in [0.15, 0.2) is 42.5 Å². The highest BCUT2D eigenvalue weighted by molar-refractivity contribution is 5.82. The summed E-state index contributed by atoms with van der Waals surface area (Å²) in [6.45, 7) is 0.434. The second-order valence-corrected chi connectivity index (χ2v) is 5.68. The fourth-order valence-electron chi connectivity index (χ4n) is 3.22. The van der Waals surface area contributed by atoms with Gasteiger partial charge in [-0.25, -0.2) is 9.59 Å². The number of aliphatic carboxylic acids is 1. The highest BCUT2D eigenvalue weighted by atomic mass is 16.6. The molecule has 3 rings (SSSR count). The number of hydrogen-bond acceptors (Lipinski definition) is 4. The van der Waals surface area contributed by atoms with E-state index < -0.39 is 18.1 Å². The number of nitrogens with two attached hydrogens (primary N) is 1. The van der Waals surface area contributed by atoms with Crippen LogP contribution < -0.4 is 5.73 Å². The maximum atomic E-state index is 12.2. The number of nitrogens with zero attached hydrogens (tertiary/aromatic N) is 1. The maximum Gasteiger partial charge on any atom is 0.410 e. The minimum Gasteiger partial charge on any atom is -0.480 e. The number of carbonyl (C=O) groups is 2. The molecule has 6 nitrogen and oxygen atoms in total. The molecule has 2 aliphatic rings. The molecular formula is C16H18N2O4. The average molecular weight is 302 g/mol. The molecule has 0 saturated carbocycles. The van der Waals surface area contributed by atoms with Gasteiger partial charge < -0.3 is 15.6 Å². The zero-order chi connectivity index (χ0) is 15.7. The molecule has 0 bridgehead atoms. The molecule has 1 fully saturated rings. The van der Waals surface area contributed by atoms with E-state index in [9.17, 15) is 14.7 Å². The van der Waals surface area contributed by atoms with Crippen LogP contribution in [0.3, 0.4) is 0 Å². The standard InChI is InChI=1S/C16H18N2O4/c17-13-7-6-11-12(13)8-18(14(11)15(19)20)16(21)22-9-10-4-2-1-3-5-10/h1-7,11-14H,8-9,17H2,(H,19,20)/t11-,12-,13+,14-/m0/s1. The molecule has 116 valence electrons. The fraction of sp³-hybridized carbons (Fsp3) is 0.375. The number of amides is 1. The summed E-state index contributed by atoms with van der Waals surface area (Å²) in [5.41, 5.74) is 6.81. The Labute approximate surface area is 128 Å². The van der Waals surface area contributed by atoms with Crippen LogP contribution >= 0.6 is 0 Å². The third kappa shape index (κ3) is 2.57. The average Bonchev–Trinajstić information content (AvgIpc) is 3.06. The second-order valence-electron chi connectivity index (χ2n) is 5.68. The number of likely N-dealkylation sites (tertiary alicyclic amines) is 1. The summed E-state index contributed by atoms with van der Waals surface area (Å²) in [5, 5.41) is 9.43. The van der Waals surface area contributed by atoms with E-state index in [4.69, 9.17) is 10.5 Å². The van der Waals surface area contributed by atoms with Gasteiger partial charge in [0.15, 0.2) is 0 Å². The van der Waals surface area contributed by atoms with Crippen molar-refractivity contribution in [2.75, 3.05) is 6.54 Å². The number of rotatable bonds is 3. The van der Waals surface area contributed by atoms with Crippen molar-refractivity contribution in [3.63, 3.8) is 0 Å². The van der Waals surface area contributed by atoms with Crippen molar-refractivity contribution in [1.29, 1.82) is 0 Å². The van der Waals surface area contributed by atoms with Gasteiger partial charge >= 0.3 is 12.1 Å². The lowest BCUT2D eigenvalue weighted by Gasteiger charge is -2.22. The summed E-state index contributed by atoms with van der Waals surface area (Å²) in [7, 11) is 0. The van der Waals surface area contributed by atoms with Gasteiger partial charge in [-0.05, 0) is 5.56 Å². The monoisotopic (exact) mass is 302 g/mol. The lowest BCUT2D eigenvalue weighted by molar-refractivity contribution is -0.142. The van der Waals surface area contributed by atoms with Crippen molar-refractivity contribution in [3.8, 4) is 0 Å². The Morgan fingerprint density at radius 1 is 1.27 bits per heavy atom. The first-order chi connectivity index (χ1) is 10.6. The lowest BCUT2D eigenvalue weighted by atomic mass is 9.92. The summed E-state index contributed by atoms with van der Waals surface area (Å²) in [5.74, 6) is -1.31. The first-order valence-corrected chi connectivity index (χ1v) is 7.22. The highest BCUT2D eigenvalue weighted by Gasteiger charge is 2.50. The van der Waals surface area contributed by atoms with E-state index in [0.717, 1.165) is 5.56 Å². The van der Waals surface area contributed by atoms with Gasteiger partial charge in [0, 0.05) is 24.4 Å². The van der Waals surface area contributed by atoms with Crippen molar-refractivity contribution in [2.24, 2.45) is 17.6 Å². The smallest absolute Gasteiger partial charge is 0.410 e. The number of benzene rings is 1. The van der Waals surface area contributed by atoms with Crippen molar-refractivity contribution < 1.29 is 19.4 Å². The van der Waals surface area contributed by atoms with Crippen LogP contribution in [0.2, 0.25) is 0 Å². The Kier molecular flexibility index (Phi) is 3.85. The van der Waals surface area contributed by atoms with Crippen molar-refractivity contribution in [2.45, 2.75) is 18.7 Å². The molecule has 0 aromatic heterocycles. The number of fused-ring (bicyclic) bond motifs is 1. The molecule has 6 heteroatoms. The van der Waals surface area contributed by atoms with Gasteiger partial charge in [0.1, 0.15) is 12.6 Å². The molecule has 1 amide bonds. The summed E-state index contributed by atoms with van der Waals surface area (Å²) >= 11 is 0. The zero-order valence-electron chi connectivity index (χ0n) is 12.0. The third-order valence-corrected chi connectivity index (χ3v) is 4.34. The van der Waals surface area contributed by atoms with Gasteiger partial charge in [-0.15, -0.1) is 0 Å². The van der Waals surface area contributed by atoms with Crippen LogP contribution in [-0.4, -0.2) is 40.7 Å². The predicted octanol–water partition coefficient (Wildman–Crippen LogP) is 1.22. The molecule has 1 saturated heterocycles. The molecule has 1 aromatic rings. The summed E-state index contributed by atoms with van der Waals surface area (Å²) in [6.07, 6.45) is 3.02. The Morgan fingerprint density at radius 2 is 2.00 bits per heavy atom. The molecule has 1 heterocycles. The van der Waals surface area contributed by atoms with E-state index in [-0.39, 0.29) is 24.5 Å². The fourth-order valence-corrected chi connectivity index (χ4v) is 3.22. The van der Waals surface area contributed by atoms with E-state index in [1.165, 1.54) is 4.90 Å². The normalized spacial score (nSPS) is 29.4. The van der Waals surface area contributed by atoms with Crippen LogP contribution in [0.1, 0.15) is 5.56 Å². The SMILES string of the molecule is N[C@@H]1C=C[C@H]2[C@@H]1CN(C(=O)OCc1ccccc1)[C@@H]2C(=O)O. The predicted molar refractivity (Wildman–Crippen MR) is 78.9 cm³/mol. The first-order valence-electron chi connectivity index (χ1n) is 7.22. The van der Waals surface area contributed by atoms with Gasteiger partial charge in [0.05, 0.1) is 0 Å². The van der Waals surface area contributed by atoms with E-state index in [2.05, 4.69) is 0 Å². The molecule has 0 unspecified atom stereocenters. The maximum absolute atomic E-state index is 12.2. The molecule has 1 aliphatic heterocycles. The summed E-state index contributed by atoms with van der Waals surface area (Å²) < 4.78 is 5.25. The number of carboxylic acids is 1. The molecule has 0 spiro atoms. The third-order valence-electron chi connectivity index (χ3n) is 4.34. The number of hydrogen-bond donors (Lipinski definition) is 2. The first kappa shape index (κ1) is 14.6. The Bertz CT molecular complexity index is 601. The van der Waals surface area contributed by atoms with E-state index in [1.54, 1.807) is 6.08 Å². The minimum atomic E-state index is -1.03. The lowest BCUT2D eigenvalue weighted by Crippen LogP contribution is -2.43. The molecule has 1 aliphatic carbocycles. The molecule has 22 heavy (non-hydrogen) atoms. The van der Waals surface area contributed by atoms with Crippen LogP contribution in [0.4, 0.5) is 4.79 Å². The number of carboxylic acid groups (broad SMARTS) is 1. The number of ether oxygens (including phenoxy) is 1. The highest BCUT2D eigenvalue weighted by Crippen LogP contribution is 2.37. The van der Waals surface area contributed by atoms with Crippen molar-refractivity contribution in [1.82, 2.24) is 4.90 Å². The van der Waals surface area contributed by atoms with E-state index >= 15 is 0 Å². The Hall–Kier alpha value is -2.34. The molecule has 1 aromatic carbocycles. The van der Waals surface area contributed by atoms with Crippen LogP contribution in [0, 0.1) is 11.8 Å². The summed E-state index contributed by atoms with van der Waals surface area (Å²) in [6, 6.07) is 8.16. The topological polar surface area (TPSA) is 92.9 Å². The van der Waals surface area contributed by atoms with Crippen molar-refractivity contribution in [3.05, 3.63) is 48.0 Å². The second kappa shape index (κ2) is 5.81. The van der Waals surface area contributed by atoms with E-state index in [0.29, 0.717) is 6.54 Å². The molecule has 4 atom stereocenters. The largest absolute Gasteiger partial charge is 0.480 e. The van der Waals surface area contributed by atoms with Gasteiger partial charge in [-0.3, -0.25) is 4.90 Å². The van der Waals surface area contributed by atoms with Crippen LogP contribution in [-0.2, 0) is 16.1 Å². The zero-order valence-corrected chi connectivity index (χ0v) is 12.0. The molecule has 0 radical (unpaired) electrons. The van der Waals surface area contributed by atoms with Gasteiger partial charge in [-0.1, -0.05) is 42.5 Å². The Balaban J connectivity index is 1.69. The quantitative estimate of drug-likeness (QED) is 0.819. The minimum absolute atomic E-state index is 0.0506. The van der Waals surface area contributed by atoms with Gasteiger partial charge in [-0.2, -0.15) is 0 Å².